The highest BCUT2D eigenvalue weighted by Crippen LogP contribution is 2.17. The maximum absolute atomic E-state index is 11.6. The summed E-state index contributed by atoms with van der Waals surface area (Å²) in [6.07, 6.45) is 0. The predicted molar refractivity (Wildman–Crippen MR) is 69.7 cm³/mol. The van der Waals surface area contributed by atoms with Crippen LogP contribution in [0.15, 0.2) is 12.1 Å². The molecule has 6 nitrogen and oxygen atoms in total. The molecule has 0 atom stereocenters. The number of hydrogen-bond acceptors (Lipinski definition) is 5. The summed E-state index contributed by atoms with van der Waals surface area (Å²) >= 11 is 0. The maximum Gasteiger partial charge on any atom is 0.227 e. The first-order valence-corrected chi connectivity index (χ1v) is 5.53. The summed E-state index contributed by atoms with van der Waals surface area (Å²) in [6, 6.07) is 5.20. The fraction of sp³-hybridized carbons (Fsp3) is 0.417. The van der Waals surface area contributed by atoms with Gasteiger partial charge in [0.1, 0.15) is 11.9 Å². The maximum atomic E-state index is 11.6. The SMILES string of the molecule is CNC(=O)C(C)(C)CNc1ccc(N)c(C#N)n1. The van der Waals surface area contributed by atoms with Crippen LogP contribution in [0.4, 0.5) is 11.5 Å². The van der Waals surface area contributed by atoms with Gasteiger partial charge < -0.3 is 16.4 Å². The van der Waals surface area contributed by atoms with E-state index in [4.69, 9.17) is 11.0 Å². The number of nitriles is 1. The lowest BCUT2D eigenvalue weighted by atomic mass is 9.92. The summed E-state index contributed by atoms with van der Waals surface area (Å²) in [5, 5.41) is 14.4. The van der Waals surface area contributed by atoms with E-state index in [2.05, 4.69) is 15.6 Å². The molecule has 0 saturated heterocycles. The molecule has 0 unspecified atom stereocenters. The number of aromatic nitrogens is 1. The number of nitrogens with two attached hydrogens (primary N) is 1. The first-order chi connectivity index (χ1) is 8.40. The van der Waals surface area contributed by atoms with Crippen molar-refractivity contribution in [1.82, 2.24) is 10.3 Å². The van der Waals surface area contributed by atoms with E-state index in [0.29, 0.717) is 18.1 Å². The Bertz CT molecular complexity index is 490. The molecule has 18 heavy (non-hydrogen) atoms. The van der Waals surface area contributed by atoms with E-state index in [9.17, 15) is 4.79 Å². The Balaban J connectivity index is 2.76. The molecule has 1 rings (SSSR count). The fourth-order valence-electron chi connectivity index (χ4n) is 1.39. The quantitative estimate of drug-likeness (QED) is 0.727. The molecular formula is C12H17N5O. The van der Waals surface area contributed by atoms with Crippen molar-refractivity contribution in [3.63, 3.8) is 0 Å². The molecule has 1 aromatic heterocycles. The van der Waals surface area contributed by atoms with Gasteiger partial charge in [-0.25, -0.2) is 4.98 Å². The Hall–Kier alpha value is -2.29. The number of nitrogens with zero attached hydrogens (tertiary/aromatic N) is 2. The molecule has 0 bridgehead atoms. The van der Waals surface area contributed by atoms with Gasteiger partial charge in [0.15, 0.2) is 5.69 Å². The number of nitrogens with one attached hydrogen (secondary N) is 2. The highest BCUT2D eigenvalue weighted by Gasteiger charge is 2.26. The minimum absolute atomic E-state index is 0.0639. The Morgan fingerprint density at radius 3 is 2.78 bits per heavy atom. The molecule has 96 valence electrons. The third kappa shape index (κ3) is 3.10. The van der Waals surface area contributed by atoms with Gasteiger partial charge in [0.05, 0.1) is 11.1 Å². The van der Waals surface area contributed by atoms with Crippen LogP contribution in [0.5, 0.6) is 0 Å². The Kier molecular flexibility index (Phi) is 4.10. The third-order valence-electron chi connectivity index (χ3n) is 2.59. The van der Waals surface area contributed by atoms with E-state index in [0.717, 1.165) is 0 Å². The summed E-state index contributed by atoms with van der Waals surface area (Å²) in [7, 11) is 1.60. The van der Waals surface area contributed by atoms with Crippen LogP contribution >= 0.6 is 0 Å². The lowest BCUT2D eigenvalue weighted by molar-refractivity contribution is -0.128. The zero-order valence-corrected chi connectivity index (χ0v) is 10.7. The van der Waals surface area contributed by atoms with Crippen LogP contribution in [0.25, 0.3) is 0 Å². The van der Waals surface area contributed by atoms with Crippen LogP contribution in [-0.2, 0) is 4.79 Å². The van der Waals surface area contributed by atoms with Crippen LogP contribution < -0.4 is 16.4 Å². The number of amides is 1. The highest BCUT2D eigenvalue weighted by atomic mass is 16.2. The van der Waals surface area contributed by atoms with Gasteiger partial charge in [-0.1, -0.05) is 0 Å². The monoisotopic (exact) mass is 247 g/mol. The molecule has 0 aliphatic rings. The summed E-state index contributed by atoms with van der Waals surface area (Å²) < 4.78 is 0. The van der Waals surface area contributed by atoms with Crippen molar-refractivity contribution >= 4 is 17.4 Å². The molecule has 0 aromatic carbocycles. The molecule has 0 aliphatic heterocycles. The average Bonchev–Trinajstić information content (AvgIpc) is 2.36. The Labute approximate surface area is 106 Å². The minimum atomic E-state index is -0.565. The number of rotatable bonds is 4. The van der Waals surface area contributed by atoms with Gasteiger partial charge in [-0.2, -0.15) is 5.26 Å². The molecule has 1 heterocycles. The molecule has 6 heteroatoms. The average molecular weight is 247 g/mol. The van der Waals surface area contributed by atoms with Crippen molar-refractivity contribution in [2.24, 2.45) is 5.41 Å². The topological polar surface area (TPSA) is 104 Å². The molecular weight excluding hydrogens is 230 g/mol. The zero-order valence-electron chi connectivity index (χ0n) is 10.7. The normalized spacial score (nSPS) is 10.6. The highest BCUT2D eigenvalue weighted by molar-refractivity contribution is 5.82. The Morgan fingerprint density at radius 2 is 2.22 bits per heavy atom. The van der Waals surface area contributed by atoms with Crippen molar-refractivity contribution < 1.29 is 4.79 Å². The van der Waals surface area contributed by atoms with Crippen molar-refractivity contribution in [1.29, 1.82) is 5.26 Å². The van der Waals surface area contributed by atoms with Gasteiger partial charge in [0.25, 0.3) is 0 Å². The van der Waals surface area contributed by atoms with Gasteiger partial charge in [-0.15, -0.1) is 0 Å². The van der Waals surface area contributed by atoms with Crippen LogP contribution in [0.3, 0.4) is 0 Å². The zero-order chi connectivity index (χ0) is 13.8. The second-order valence-electron chi connectivity index (χ2n) is 4.56. The van der Waals surface area contributed by atoms with Crippen molar-refractivity contribution in [2.45, 2.75) is 13.8 Å². The van der Waals surface area contributed by atoms with Crippen LogP contribution in [0.2, 0.25) is 0 Å². The van der Waals surface area contributed by atoms with E-state index in [-0.39, 0.29) is 11.6 Å². The first kappa shape index (κ1) is 13.8. The molecule has 1 aromatic rings. The van der Waals surface area contributed by atoms with Crippen LogP contribution in [0.1, 0.15) is 19.5 Å². The lowest BCUT2D eigenvalue weighted by Gasteiger charge is -2.23. The second kappa shape index (κ2) is 5.36. The summed E-state index contributed by atoms with van der Waals surface area (Å²) in [5.74, 6) is 0.462. The largest absolute Gasteiger partial charge is 0.396 e. The summed E-state index contributed by atoms with van der Waals surface area (Å²) in [6.45, 7) is 4.05. The number of anilines is 2. The van der Waals surface area contributed by atoms with E-state index in [1.54, 1.807) is 19.2 Å². The van der Waals surface area contributed by atoms with Gasteiger partial charge >= 0.3 is 0 Å². The van der Waals surface area contributed by atoms with E-state index >= 15 is 0 Å². The number of nitrogen functional groups attached to an aromatic ring is 1. The second-order valence-corrected chi connectivity index (χ2v) is 4.56. The molecule has 4 N–H and O–H groups in total. The lowest BCUT2D eigenvalue weighted by Crippen LogP contribution is -2.39. The molecule has 0 saturated carbocycles. The molecule has 0 spiro atoms. The van der Waals surface area contributed by atoms with Crippen molar-refractivity contribution in [3.8, 4) is 6.07 Å². The molecule has 0 fully saturated rings. The molecule has 0 radical (unpaired) electrons. The van der Waals surface area contributed by atoms with Crippen LogP contribution in [-0.4, -0.2) is 24.5 Å². The smallest absolute Gasteiger partial charge is 0.227 e. The molecule has 1 amide bonds. The van der Waals surface area contributed by atoms with Gasteiger partial charge in [0, 0.05) is 13.6 Å². The van der Waals surface area contributed by atoms with Crippen LogP contribution in [0, 0.1) is 16.7 Å². The minimum Gasteiger partial charge on any atom is -0.396 e. The summed E-state index contributed by atoms with van der Waals surface area (Å²) in [5.41, 5.74) is 5.53. The predicted octanol–water partition coefficient (Wildman–Crippen LogP) is 0.720. The van der Waals surface area contributed by atoms with E-state index in [1.165, 1.54) is 0 Å². The molecule has 0 aliphatic carbocycles. The van der Waals surface area contributed by atoms with Crippen molar-refractivity contribution in [2.75, 3.05) is 24.6 Å². The van der Waals surface area contributed by atoms with Gasteiger partial charge in [-0.3, -0.25) is 4.79 Å². The van der Waals surface area contributed by atoms with Gasteiger partial charge in [-0.05, 0) is 26.0 Å². The Morgan fingerprint density at radius 1 is 1.56 bits per heavy atom. The number of pyridine rings is 1. The third-order valence-corrected chi connectivity index (χ3v) is 2.59. The number of carbonyl (C=O) groups excluding carboxylic acids is 1. The standard InChI is InChI=1S/C12H17N5O/c1-12(2,11(18)15-3)7-16-10-5-4-8(14)9(6-13)17-10/h4-5H,7,14H2,1-3H3,(H,15,18)(H,16,17). The van der Waals surface area contributed by atoms with Gasteiger partial charge in [0.2, 0.25) is 5.91 Å². The summed E-state index contributed by atoms with van der Waals surface area (Å²) in [4.78, 5) is 15.6. The fourth-order valence-corrected chi connectivity index (χ4v) is 1.39. The van der Waals surface area contributed by atoms with E-state index in [1.807, 2.05) is 19.9 Å². The van der Waals surface area contributed by atoms with Crippen molar-refractivity contribution in [3.05, 3.63) is 17.8 Å². The number of hydrogen-bond donors (Lipinski definition) is 3. The first-order valence-electron chi connectivity index (χ1n) is 5.53. The van der Waals surface area contributed by atoms with E-state index < -0.39 is 5.41 Å². The number of carbonyl (C=O) groups is 1.